The van der Waals surface area contributed by atoms with Gasteiger partial charge in [-0.05, 0) is 43.2 Å². The molecule has 8 heteroatoms. The Kier molecular flexibility index (Phi) is 6.64. The van der Waals surface area contributed by atoms with Crippen LogP contribution in [-0.4, -0.2) is 44.1 Å². The van der Waals surface area contributed by atoms with Gasteiger partial charge in [-0.1, -0.05) is 24.3 Å². The van der Waals surface area contributed by atoms with Crippen molar-refractivity contribution in [1.29, 1.82) is 0 Å². The first-order valence-electron chi connectivity index (χ1n) is 9.27. The summed E-state index contributed by atoms with van der Waals surface area (Å²) >= 11 is 0. The van der Waals surface area contributed by atoms with E-state index in [4.69, 9.17) is 13.9 Å². The third kappa shape index (κ3) is 6.39. The molecule has 0 spiro atoms. The Morgan fingerprint density at radius 1 is 1.10 bits per heavy atom. The van der Waals surface area contributed by atoms with Gasteiger partial charge in [0, 0.05) is 7.05 Å². The van der Waals surface area contributed by atoms with E-state index in [1.54, 1.807) is 19.1 Å². The topological polar surface area (TPSA) is 47.7 Å². The maximum Gasteiger partial charge on any atom is 0.411 e. The molecular weight excluding hydrogens is 385 g/mol. The van der Waals surface area contributed by atoms with Crippen LogP contribution < -0.4 is 9.64 Å². The number of ether oxygens (including phenoxy) is 2. The standard InChI is InChI=1S/C21H23F3N2O3/c1-15(28-14-21(22,23)24)13-16-7-9-17(10-8-16)27-12-11-26(2)20-25-18-5-3-4-6-19(18)29-20/h3-10,15H,11-14H2,1-2H3/t15-/m0/s1. The smallest absolute Gasteiger partial charge is 0.411 e. The maximum atomic E-state index is 12.2. The van der Waals surface area contributed by atoms with E-state index in [1.165, 1.54) is 0 Å². The number of oxazole rings is 1. The van der Waals surface area contributed by atoms with Gasteiger partial charge in [-0.25, -0.2) is 0 Å². The van der Waals surface area contributed by atoms with E-state index < -0.39 is 18.9 Å². The largest absolute Gasteiger partial charge is 0.492 e. The van der Waals surface area contributed by atoms with E-state index in [1.807, 2.05) is 48.3 Å². The Hall–Kier alpha value is -2.74. The number of hydrogen-bond donors (Lipinski definition) is 0. The van der Waals surface area contributed by atoms with Crippen molar-refractivity contribution in [2.24, 2.45) is 0 Å². The lowest BCUT2D eigenvalue weighted by atomic mass is 10.1. The van der Waals surface area contributed by atoms with Crippen LogP contribution in [0.3, 0.4) is 0 Å². The van der Waals surface area contributed by atoms with Gasteiger partial charge in [0.1, 0.15) is 24.5 Å². The van der Waals surface area contributed by atoms with Crippen molar-refractivity contribution in [2.45, 2.75) is 25.6 Å². The van der Waals surface area contributed by atoms with E-state index >= 15 is 0 Å². The molecule has 0 radical (unpaired) electrons. The van der Waals surface area contributed by atoms with Crippen LogP contribution in [-0.2, 0) is 11.2 Å². The number of benzene rings is 2. The van der Waals surface area contributed by atoms with Crippen LogP contribution in [0.4, 0.5) is 19.2 Å². The van der Waals surface area contributed by atoms with Gasteiger partial charge in [-0.2, -0.15) is 18.2 Å². The molecule has 1 atom stereocenters. The quantitative estimate of drug-likeness (QED) is 0.506. The first-order valence-corrected chi connectivity index (χ1v) is 9.27. The molecule has 1 heterocycles. The summed E-state index contributed by atoms with van der Waals surface area (Å²) in [4.78, 5) is 6.30. The summed E-state index contributed by atoms with van der Waals surface area (Å²) in [6, 6.07) is 15.3. The highest BCUT2D eigenvalue weighted by atomic mass is 19.4. The highest BCUT2D eigenvalue weighted by molar-refractivity contribution is 5.74. The van der Waals surface area contributed by atoms with Crippen molar-refractivity contribution in [3.63, 3.8) is 0 Å². The van der Waals surface area contributed by atoms with Gasteiger partial charge in [0.05, 0.1) is 12.6 Å². The van der Waals surface area contributed by atoms with E-state index in [2.05, 4.69) is 4.98 Å². The van der Waals surface area contributed by atoms with E-state index in [9.17, 15) is 13.2 Å². The number of anilines is 1. The number of nitrogens with zero attached hydrogens (tertiary/aromatic N) is 2. The van der Waals surface area contributed by atoms with Crippen molar-refractivity contribution in [3.8, 4) is 5.75 Å². The average molecular weight is 408 g/mol. The Labute approximate surface area is 167 Å². The number of fused-ring (bicyclic) bond motifs is 1. The zero-order valence-corrected chi connectivity index (χ0v) is 16.3. The second kappa shape index (κ2) is 9.17. The fraction of sp³-hybridized carbons (Fsp3) is 0.381. The van der Waals surface area contributed by atoms with Gasteiger partial charge in [-0.15, -0.1) is 0 Å². The Bertz CT molecular complexity index is 876. The Balaban J connectivity index is 1.44. The van der Waals surface area contributed by atoms with Gasteiger partial charge in [0.15, 0.2) is 5.58 Å². The molecule has 0 saturated carbocycles. The number of hydrogen-bond acceptors (Lipinski definition) is 5. The predicted molar refractivity (Wildman–Crippen MR) is 104 cm³/mol. The monoisotopic (exact) mass is 408 g/mol. The summed E-state index contributed by atoms with van der Waals surface area (Å²) in [5.74, 6) is 0.684. The molecular formula is C21H23F3N2O3. The van der Waals surface area contributed by atoms with E-state index in [0.29, 0.717) is 31.3 Å². The highest BCUT2D eigenvalue weighted by Crippen LogP contribution is 2.21. The first kappa shape index (κ1) is 21.0. The Morgan fingerprint density at radius 3 is 2.52 bits per heavy atom. The summed E-state index contributed by atoms with van der Waals surface area (Å²) in [5, 5.41) is 0. The molecule has 0 saturated heterocycles. The molecule has 2 aromatic carbocycles. The van der Waals surface area contributed by atoms with Crippen LogP contribution in [0.1, 0.15) is 12.5 Å². The Morgan fingerprint density at radius 2 is 1.83 bits per heavy atom. The summed E-state index contributed by atoms with van der Waals surface area (Å²) < 4.78 is 52.8. The van der Waals surface area contributed by atoms with Crippen molar-refractivity contribution in [2.75, 3.05) is 31.7 Å². The van der Waals surface area contributed by atoms with Crippen molar-refractivity contribution >= 4 is 17.1 Å². The van der Waals surface area contributed by atoms with Crippen molar-refractivity contribution in [3.05, 3.63) is 54.1 Å². The molecule has 0 amide bonds. The van der Waals surface area contributed by atoms with Crippen LogP contribution in [0, 0.1) is 0 Å². The molecule has 3 aromatic rings. The summed E-state index contributed by atoms with van der Waals surface area (Å²) in [6.45, 7) is 1.40. The number of alkyl halides is 3. The van der Waals surface area contributed by atoms with Gasteiger partial charge in [0.2, 0.25) is 0 Å². The molecule has 156 valence electrons. The number of halogens is 3. The fourth-order valence-electron chi connectivity index (χ4n) is 2.77. The van der Waals surface area contributed by atoms with Crippen molar-refractivity contribution < 1.29 is 27.1 Å². The zero-order valence-electron chi connectivity index (χ0n) is 16.3. The molecule has 1 aromatic heterocycles. The van der Waals surface area contributed by atoms with Crippen LogP contribution in [0.25, 0.3) is 11.1 Å². The number of aromatic nitrogens is 1. The first-order chi connectivity index (χ1) is 13.8. The molecule has 5 nitrogen and oxygen atoms in total. The second-order valence-electron chi connectivity index (χ2n) is 6.82. The SMILES string of the molecule is C[C@@H](Cc1ccc(OCCN(C)c2nc3ccccc3o2)cc1)OCC(F)(F)F. The third-order valence-electron chi connectivity index (χ3n) is 4.28. The second-order valence-corrected chi connectivity index (χ2v) is 6.82. The minimum absolute atomic E-state index is 0.400. The zero-order chi connectivity index (χ0) is 20.9. The molecule has 0 bridgehead atoms. The van der Waals surface area contributed by atoms with Gasteiger partial charge in [0.25, 0.3) is 6.01 Å². The van der Waals surface area contributed by atoms with Crippen LogP contribution >= 0.6 is 0 Å². The fourth-order valence-corrected chi connectivity index (χ4v) is 2.77. The molecule has 0 aliphatic carbocycles. The van der Waals surface area contributed by atoms with E-state index in [-0.39, 0.29) is 0 Å². The summed E-state index contributed by atoms with van der Waals surface area (Å²) in [6.07, 6.45) is -4.43. The van der Waals surface area contributed by atoms with Crippen LogP contribution in [0.15, 0.2) is 52.9 Å². The highest BCUT2D eigenvalue weighted by Gasteiger charge is 2.28. The lowest BCUT2D eigenvalue weighted by molar-refractivity contribution is -0.183. The predicted octanol–water partition coefficient (Wildman–Crippen LogP) is 4.85. The maximum absolute atomic E-state index is 12.2. The van der Waals surface area contributed by atoms with Crippen LogP contribution in [0.2, 0.25) is 0 Å². The molecule has 3 rings (SSSR count). The molecule has 29 heavy (non-hydrogen) atoms. The molecule has 0 N–H and O–H groups in total. The normalized spacial score (nSPS) is 12.9. The summed E-state index contributed by atoms with van der Waals surface area (Å²) in [7, 11) is 1.87. The molecule has 0 aliphatic rings. The average Bonchev–Trinajstić information content (AvgIpc) is 3.11. The summed E-state index contributed by atoms with van der Waals surface area (Å²) in [5.41, 5.74) is 2.43. The lowest BCUT2D eigenvalue weighted by Crippen LogP contribution is -2.24. The number of likely N-dealkylation sites (N-methyl/N-ethyl adjacent to an activating group) is 1. The molecule has 0 fully saturated rings. The van der Waals surface area contributed by atoms with Crippen LogP contribution in [0.5, 0.6) is 5.75 Å². The van der Waals surface area contributed by atoms with Gasteiger partial charge >= 0.3 is 6.18 Å². The van der Waals surface area contributed by atoms with E-state index in [0.717, 1.165) is 16.7 Å². The number of para-hydroxylation sites is 2. The third-order valence-corrected chi connectivity index (χ3v) is 4.28. The number of rotatable bonds is 9. The van der Waals surface area contributed by atoms with Crippen molar-refractivity contribution in [1.82, 2.24) is 4.98 Å². The minimum Gasteiger partial charge on any atom is -0.492 e. The molecule has 0 unspecified atom stereocenters. The van der Waals surface area contributed by atoms with Gasteiger partial charge in [-0.3, -0.25) is 0 Å². The minimum atomic E-state index is -4.31. The lowest BCUT2D eigenvalue weighted by Gasteiger charge is -2.16. The molecule has 0 aliphatic heterocycles. The van der Waals surface area contributed by atoms with Gasteiger partial charge < -0.3 is 18.8 Å².